The predicted octanol–water partition coefficient (Wildman–Crippen LogP) is 1.88. The van der Waals surface area contributed by atoms with Gasteiger partial charge in [0.05, 0.1) is 0 Å². The van der Waals surface area contributed by atoms with Crippen molar-refractivity contribution in [1.29, 1.82) is 0 Å². The molecular formula is C12H26N2O. The van der Waals surface area contributed by atoms with Crippen LogP contribution >= 0.6 is 0 Å². The molecule has 0 radical (unpaired) electrons. The minimum absolute atomic E-state index is 0.172. The smallest absolute Gasteiger partial charge is 0.223 e. The number of amides is 1. The minimum Gasteiger partial charge on any atom is -0.345 e. The average Bonchev–Trinajstić information content (AvgIpc) is 2.00. The van der Waals surface area contributed by atoms with E-state index >= 15 is 0 Å². The Kier molecular flexibility index (Phi) is 5.88. The van der Waals surface area contributed by atoms with Crippen LogP contribution in [0.5, 0.6) is 0 Å². The molecule has 0 aliphatic rings. The maximum atomic E-state index is 11.8. The fourth-order valence-electron chi connectivity index (χ4n) is 1.64. The van der Waals surface area contributed by atoms with E-state index in [1.165, 1.54) is 0 Å². The SMILES string of the molecule is CCNC(C)CC(=O)N(C)CC(C)(C)C. The average molecular weight is 214 g/mol. The van der Waals surface area contributed by atoms with Gasteiger partial charge in [-0.2, -0.15) is 0 Å². The maximum absolute atomic E-state index is 11.8. The van der Waals surface area contributed by atoms with Crippen molar-refractivity contribution in [2.45, 2.75) is 47.1 Å². The first kappa shape index (κ1) is 14.4. The quantitative estimate of drug-likeness (QED) is 0.758. The van der Waals surface area contributed by atoms with Gasteiger partial charge in [0.2, 0.25) is 5.91 Å². The number of hydrogen-bond donors (Lipinski definition) is 1. The van der Waals surface area contributed by atoms with Gasteiger partial charge in [0.25, 0.3) is 0 Å². The van der Waals surface area contributed by atoms with E-state index in [9.17, 15) is 4.79 Å². The van der Waals surface area contributed by atoms with E-state index in [0.717, 1.165) is 13.1 Å². The van der Waals surface area contributed by atoms with Crippen molar-refractivity contribution in [1.82, 2.24) is 10.2 Å². The van der Waals surface area contributed by atoms with E-state index in [1.54, 1.807) is 0 Å². The Balaban J connectivity index is 3.99. The van der Waals surface area contributed by atoms with Gasteiger partial charge in [0.15, 0.2) is 0 Å². The lowest BCUT2D eigenvalue weighted by Crippen LogP contribution is -2.38. The van der Waals surface area contributed by atoms with Crippen LogP contribution in [0, 0.1) is 5.41 Å². The third-order valence-electron chi connectivity index (χ3n) is 2.17. The van der Waals surface area contributed by atoms with Gasteiger partial charge in [0.1, 0.15) is 0 Å². The molecule has 0 saturated heterocycles. The van der Waals surface area contributed by atoms with Gasteiger partial charge in [-0.05, 0) is 18.9 Å². The molecule has 0 fully saturated rings. The first-order chi connectivity index (χ1) is 6.76. The molecule has 0 aliphatic heterocycles. The Hall–Kier alpha value is -0.570. The van der Waals surface area contributed by atoms with Crippen molar-refractivity contribution in [3.8, 4) is 0 Å². The van der Waals surface area contributed by atoms with Crippen molar-refractivity contribution in [3.63, 3.8) is 0 Å². The van der Waals surface area contributed by atoms with E-state index < -0.39 is 0 Å². The highest BCUT2D eigenvalue weighted by molar-refractivity contribution is 5.76. The Morgan fingerprint density at radius 2 is 1.93 bits per heavy atom. The monoisotopic (exact) mass is 214 g/mol. The second-order valence-corrected chi connectivity index (χ2v) is 5.47. The topological polar surface area (TPSA) is 32.3 Å². The number of carbonyl (C=O) groups excluding carboxylic acids is 1. The zero-order valence-electron chi connectivity index (χ0n) is 11.1. The molecule has 0 aromatic rings. The van der Waals surface area contributed by atoms with Crippen LogP contribution in [0.25, 0.3) is 0 Å². The molecule has 0 rings (SSSR count). The molecule has 0 saturated carbocycles. The lowest BCUT2D eigenvalue weighted by Gasteiger charge is -2.27. The Labute approximate surface area is 94.2 Å². The zero-order chi connectivity index (χ0) is 12.1. The van der Waals surface area contributed by atoms with E-state index in [2.05, 4.69) is 33.0 Å². The molecule has 90 valence electrons. The maximum Gasteiger partial charge on any atom is 0.223 e. The minimum atomic E-state index is 0.172. The first-order valence-corrected chi connectivity index (χ1v) is 5.73. The van der Waals surface area contributed by atoms with E-state index in [4.69, 9.17) is 0 Å². The van der Waals surface area contributed by atoms with Crippen molar-refractivity contribution < 1.29 is 4.79 Å². The molecule has 0 aromatic heterocycles. The Morgan fingerprint density at radius 3 is 2.33 bits per heavy atom. The molecule has 1 amide bonds. The van der Waals surface area contributed by atoms with Crippen LogP contribution in [0.4, 0.5) is 0 Å². The van der Waals surface area contributed by atoms with Gasteiger partial charge in [-0.25, -0.2) is 0 Å². The normalized spacial score (nSPS) is 13.7. The summed E-state index contributed by atoms with van der Waals surface area (Å²) in [7, 11) is 1.88. The number of rotatable bonds is 5. The molecule has 0 aliphatic carbocycles. The molecule has 0 aromatic carbocycles. The molecule has 0 spiro atoms. The lowest BCUT2D eigenvalue weighted by atomic mass is 9.96. The molecule has 15 heavy (non-hydrogen) atoms. The van der Waals surface area contributed by atoms with Crippen LogP contribution in [-0.2, 0) is 4.79 Å². The summed E-state index contributed by atoms with van der Waals surface area (Å²) in [6, 6.07) is 0.268. The molecule has 1 N–H and O–H groups in total. The van der Waals surface area contributed by atoms with Crippen LogP contribution < -0.4 is 5.32 Å². The fourth-order valence-corrected chi connectivity index (χ4v) is 1.64. The van der Waals surface area contributed by atoms with Crippen LogP contribution in [0.15, 0.2) is 0 Å². The van der Waals surface area contributed by atoms with Gasteiger partial charge >= 0.3 is 0 Å². The summed E-state index contributed by atoms with van der Waals surface area (Å²) in [5.41, 5.74) is 0.172. The Bertz CT molecular complexity index is 196. The molecular weight excluding hydrogens is 188 g/mol. The van der Waals surface area contributed by atoms with Gasteiger partial charge in [-0.1, -0.05) is 27.7 Å². The molecule has 1 atom stereocenters. The third-order valence-corrected chi connectivity index (χ3v) is 2.17. The highest BCUT2D eigenvalue weighted by Gasteiger charge is 2.18. The second-order valence-electron chi connectivity index (χ2n) is 5.47. The highest BCUT2D eigenvalue weighted by atomic mass is 16.2. The number of nitrogens with zero attached hydrogens (tertiary/aromatic N) is 1. The van der Waals surface area contributed by atoms with Crippen LogP contribution in [0.2, 0.25) is 0 Å². The third kappa shape index (κ3) is 7.37. The summed E-state index contributed by atoms with van der Waals surface area (Å²) < 4.78 is 0. The number of carbonyl (C=O) groups is 1. The van der Waals surface area contributed by atoms with E-state index in [0.29, 0.717) is 6.42 Å². The van der Waals surface area contributed by atoms with Crippen LogP contribution in [0.1, 0.15) is 41.0 Å². The molecule has 3 nitrogen and oxygen atoms in total. The largest absolute Gasteiger partial charge is 0.345 e. The van der Waals surface area contributed by atoms with Crippen LogP contribution in [0.3, 0.4) is 0 Å². The van der Waals surface area contributed by atoms with Crippen molar-refractivity contribution in [3.05, 3.63) is 0 Å². The molecule has 0 heterocycles. The van der Waals surface area contributed by atoms with Crippen LogP contribution in [-0.4, -0.2) is 37.0 Å². The van der Waals surface area contributed by atoms with E-state index in [1.807, 2.05) is 18.9 Å². The van der Waals surface area contributed by atoms with E-state index in [-0.39, 0.29) is 17.4 Å². The van der Waals surface area contributed by atoms with Gasteiger partial charge in [-0.15, -0.1) is 0 Å². The first-order valence-electron chi connectivity index (χ1n) is 5.73. The summed E-state index contributed by atoms with van der Waals surface area (Å²) in [5.74, 6) is 0.221. The summed E-state index contributed by atoms with van der Waals surface area (Å²) in [6.45, 7) is 12.3. The Morgan fingerprint density at radius 1 is 1.40 bits per heavy atom. The summed E-state index contributed by atoms with van der Waals surface area (Å²) in [6.07, 6.45) is 0.584. The summed E-state index contributed by atoms with van der Waals surface area (Å²) >= 11 is 0. The molecule has 1 unspecified atom stereocenters. The number of nitrogens with one attached hydrogen (secondary N) is 1. The predicted molar refractivity (Wildman–Crippen MR) is 64.8 cm³/mol. The summed E-state index contributed by atoms with van der Waals surface area (Å²) in [4.78, 5) is 13.6. The highest BCUT2D eigenvalue weighted by Crippen LogP contribution is 2.14. The van der Waals surface area contributed by atoms with Crippen molar-refractivity contribution in [2.24, 2.45) is 5.41 Å². The van der Waals surface area contributed by atoms with Crippen molar-refractivity contribution in [2.75, 3.05) is 20.1 Å². The standard InChI is InChI=1S/C12H26N2O/c1-7-13-10(2)8-11(15)14(6)9-12(3,4)5/h10,13H,7-9H2,1-6H3. The second kappa shape index (κ2) is 6.11. The van der Waals surface area contributed by atoms with Crippen molar-refractivity contribution >= 4 is 5.91 Å². The lowest BCUT2D eigenvalue weighted by molar-refractivity contribution is -0.131. The fraction of sp³-hybridized carbons (Fsp3) is 0.917. The van der Waals surface area contributed by atoms with Gasteiger partial charge in [0, 0.05) is 26.1 Å². The summed E-state index contributed by atoms with van der Waals surface area (Å²) in [5, 5.41) is 3.25. The molecule has 3 heteroatoms. The van der Waals surface area contributed by atoms with Gasteiger partial charge in [-0.3, -0.25) is 4.79 Å². The number of hydrogen-bond acceptors (Lipinski definition) is 2. The molecule has 0 bridgehead atoms. The zero-order valence-corrected chi connectivity index (χ0v) is 11.1. The van der Waals surface area contributed by atoms with Gasteiger partial charge < -0.3 is 10.2 Å².